The smallest absolute Gasteiger partial charge is 0.360 e. The number of H-pyrrole nitrogens is 1. The van der Waals surface area contributed by atoms with E-state index in [4.69, 9.17) is 0 Å². The average molecular weight is 614 g/mol. The van der Waals surface area contributed by atoms with Gasteiger partial charge >= 0.3 is 6.18 Å². The second-order valence-corrected chi connectivity index (χ2v) is 14.5. The molecule has 2 heterocycles. The van der Waals surface area contributed by atoms with Crippen LogP contribution in [0.5, 0.6) is 0 Å². The van der Waals surface area contributed by atoms with Crippen LogP contribution < -0.4 is 10.6 Å². The Labute approximate surface area is 240 Å². The first-order chi connectivity index (χ1) is 19.5. The van der Waals surface area contributed by atoms with Crippen molar-refractivity contribution in [3.05, 3.63) is 35.7 Å². The molecule has 0 aliphatic heterocycles. The minimum Gasteiger partial charge on any atom is -0.360 e. The minimum atomic E-state index is -4.76. The van der Waals surface area contributed by atoms with Crippen molar-refractivity contribution in [2.24, 2.45) is 0 Å². The van der Waals surface area contributed by atoms with Crippen LogP contribution in [0.25, 0.3) is 22.2 Å². The maximum atomic E-state index is 14.6. The van der Waals surface area contributed by atoms with Gasteiger partial charge in [0.1, 0.15) is 33.0 Å². The molecular weight excluding hydrogens is 578 g/mol. The Morgan fingerprint density at radius 1 is 1.21 bits per heavy atom. The topological polar surface area (TPSA) is 94.0 Å². The molecule has 1 amide bonds. The summed E-state index contributed by atoms with van der Waals surface area (Å²) in [6.07, 6.45) is 0.522. The van der Waals surface area contributed by atoms with Crippen LogP contribution >= 0.6 is 7.14 Å². The van der Waals surface area contributed by atoms with Crippen LogP contribution in [0.3, 0.4) is 0 Å². The monoisotopic (exact) mass is 613 g/mol. The van der Waals surface area contributed by atoms with Gasteiger partial charge in [-0.25, -0.2) is 23.3 Å². The Morgan fingerprint density at radius 2 is 1.88 bits per heavy atom. The third kappa shape index (κ3) is 6.99. The van der Waals surface area contributed by atoms with E-state index in [-0.39, 0.29) is 51.6 Å². The molecule has 2 aromatic heterocycles. The van der Waals surface area contributed by atoms with Crippen LogP contribution in [0.15, 0.2) is 24.5 Å². The highest BCUT2D eigenvalue weighted by Gasteiger charge is 2.38. The summed E-state index contributed by atoms with van der Waals surface area (Å²) in [5.41, 5.74) is -1.23. The summed E-state index contributed by atoms with van der Waals surface area (Å²) in [5.74, 6) is -3.92. The third-order valence-electron chi connectivity index (χ3n) is 7.31. The molecule has 42 heavy (non-hydrogen) atoms. The van der Waals surface area contributed by atoms with Crippen molar-refractivity contribution >= 4 is 41.9 Å². The van der Waals surface area contributed by atoms with Gasteiger partial charge in [-0.15, -0.1) is 0 Å². The Hall–Kier alpha value is -3.34. The Balaban J connectivity index is 1.79. The molecule has 4 rings (SSSR count). The SMILES string of the molecule is C=[N+](C)CCC(F)(F)CN(C)C(=O)c1ccc2c(-c3nc(NC4CCCC4)ncc3C(F)(F)F)c[nH]c2c1P(C)(C)=O. The lowest BCUT2D eigenvalue weighted by Gasteiger charge is -2.25. The number of aromatic nitrogens is 3. The lowest BCUT2D eigenvalue weighted by Crippen LogP contribution is -2.40. The van der Waals surface area contributed by atoms with E-state index in [0.29, 0.717) is 0 Å². The fourth-order valence-corrected chi connectivity index (χ4v) is 6.76. The van der Waals surface area contributed by atoms with Crippen LogP contribution in [0.4, 0.5) is 27.9 Å². The number of amides is 1. The second-order valence-electron chi connectivity index (χ2n) is 11.4. The number of alkyl halides is 5. The number of benzene rings is 1. The number of aromatic amines is 1. The number of nitrogens with zero attached hydrogens (tertiary/aromatic N) is 4. The van der Waals surface area contributed by atoms with Crippen molar-refractivity contribution in [1.82, 2.24) is 19.9 Å². The summed E-state index contributed by atoms with van der Waals surface area (Å²) in [4.78, 5) is 25.3. The number of fused-ring (bicyclic) bond motifs is 1. The predicted octanol–water partition coefficient (Wildman–Crippen LogP) is 5.69. The van der Waals surface area contributed by atoms with Gasteiger partial charge in [-0.1, -0.05) is 18.9 Å². The van der Waals surface area contributed by atoms with Gasteiger partial charge in [-0.3, -0.25) is 4.79 Å². The molecule has 228 valence electrons. The molecule has 0 spiro atoms. The largest absolute Gasteiger partial charge is 0.419 e. The highest BCUT2D eigenvalue weighted by Crippen LogP contribution is 2.43. The predicted molar refractivity (Wildman–Crippen MR) is 154 cm³/mol. The Bertz CT molecular complexity index is 1540. The molecule has 0 saturated heterocycles. The maximum absolute atomic E-state index is 14.6. The molecule has 0 atom stereocenters. The zero-order valence-electron chi connectivity index (χ0n) is 24.0. The third-order valence-corrected chi connectivity index (χ3v) is 8.85. The summed E-state index contributed by atoms with van der Waals surface area (Å²) in [6.45, 7) is 5.51. The van der Waals surface area contributed by atoms with Gasteiger partial charge in [-0.2, -0.15) is 13.2 Å². The Morgan fingerprint density at radius 3 is 2.48 bits per heavy atom. The molecular formula is C28H35F5N6O2P+. The standard InChI is InChI=1S/C28H34F5N6O2P/c1-38(2)13-12-27(29,30)16-39(3)25(40)19-11-10-18-20(14-34-23(18)24(19)42(4,5)41)22-21(28(31,32)33)15-35-26(37-22)36-17-8-6-7-9-17/h10-11,14-15,17H,1,6-9,12-13,16H2,2-5H3,(H-,34,35,36,37,40,41)/p+1. The summed E-state index contributed by atoms with van der Waals surface area (Å²) >= 11 is 0. The summed E-state index contributed by atoms with van der Waals surface area (Å²) in [7, 11) is -0.488. The number of anilines is 1. The highest BCUT2D eigenvalue weighted by atomic mass is 31.2. The van der Waals surface area contributed by atoms with Crippen molar-refractivity contribution < 1.29 is 35.9 Å². The van der Waals surface area contributed by atoms with Crippen LogP contribution in [-0.2, 0) is 10.7 Å². The van der Waals surface area contributed by atoms with Gasteiger partial charge < -0.3 is 19.8 Å². The van der Waals surface area contributed by atoms with E-state index < -0.39 is 43.7 Å². The lowest BCUT2D eigenvalue weighted by atomic mass is 10.0. The summed E-state index contributed by atoms with van der Waals surface area (Å²) in [5, 5.41) is 3.44. The first kappa shape index (κ1) is 31.6. The summed E-state index contributed by atoms with van der Waals surface area (Å²) < 4.78 is 86.2. The molecule has 2 N–H and O–H groups in total. The number of hydrogen-bond acceptors (Lipinski definition) is 5. The number of hydrogen-bond donors (Lipinski definition) is 2. The molecule has 14 heteroatoms. The van der Waals surface area contributed by atoms with E-state index >= 15 is 0 Å². The zero-order chi connectivity index (χ0) is 31.0. The van der Waals surface area contributed by atoms with Crippen LogP contribution in [0.2, 0.25) is 0 Å². The van der Waals surface area contributed by atoms with E-state index in [0.717, 1.165) is 36.8 Å². The molecule has 1 aromatic carbocycles. The summed E-state index contributed by atoms with van der Waals surface area (Å²) in [6, 6.07) is 2.80. The molecule has 1 saturated carbocycles. The molecule has 8 nitrogen and oxygen atoms in total. The zero-order valence-corrected chi connectivity index (χ0v) is 24.9. The van der Waals surface area contributed by atoms with E-state index in [9.17, 15) is 31.3 Å². The molecule has 0 bridgehead atoms. The molecule has 3 aromatic rings. The average Bonchev–Trinajstić information content (AvgIpc) is 3.54. The number of halogens is 5. The van der Waals surface area contributed by atoms with E-state index in [1.807, 2.05) is 0 Å². The first-order valence-corrected chi connectivity index (χ1v) is 16.1. The lowest BCUT2D eigenvalue weighted by molar-refractivity contribution is -0.492. The number of carbonyl (C=O) groups is 1. The quantitative estimate of drug-likeness (QED) is 0.133. The normalized spacial score (nSPS) is 14.9. The molecule has 1 fully saturated rings. The van der Waals surface area contributed by atoms with Crippen LogP contribution in [0.1, 0.15) is 48.0 Å². The van der Waals surface area contributed by atoms with Crippen molar-refractivity contribution in [3.8, 4) is 11.3 Å². The molecule has 1 aliphatic rings. The fraction of sp³-hybridized carbons (Fsp3) is 0.500. The maximum Gasteiger partial charge on any atom is 0.419 e. The number of rotatable bonds is 10. The highest BCUT2D eigenvalue weighted by molar-refractivity contribution is 7.70. The number of carbonyl (C=O) groups excluding carboxylic acids is 1. The van der Waals surface area contributed by atoms with Gasteiger partial charge in [0.05, 0.1) is 29.7 Å². The van der Waals surface area contributed by atoms with Gasteiger partial charge in [0.25, 0.3) is 11.8 Å². The second kappa shape index (κ2) is 11.7. The van der Waals surface area contributed by atoms with Crippen molar-refractivity contribution in [1.29, 1.82) is 0 Å². The van der Waals surface area contributed by atoms with Crippen LogP contribution in [-0.4, -0.2) is 89.5 Å². The van der Waals surface area contributed by atoms with Gasteiger partial charge in [0.15, 0.2) is 0 Å². The van der Waals surface area contributed by atoms with Crippen molar-refractivity contribution in [2.75, 3.05) is 45.8 Å². The van der Waals surface area contributed by atoms with E-state index in [1.165, 1.54) is 43.3 Å². The molecule has 0 unspecified atom stereocenters. The molecule has 1 aliphatic carbocycles. The van der Waals surface area contributed by atoms with Gasteiger partial charge in [-0.05, 0) is 32.2 Å². The first-order valence-electron chi connectivity index (χ1n) is 13.5. The number of nitrogens with one attached hydrogen (secondary N) is 2. The minimum absolute atomic E-state index is 0.0114. The van der Waals surface area contributed by atoms with Gasteiger partial charge in [0, 0.05) is 41.7 Å². The Kier molecular flexibility index (Phi) is 8.83. The van der Waals surface area contributed by atoms with Crippen LogP contribution in [0, 0.1) is 0 Å². The van der Waals surface area contributed by atoms with E-state index in [2.05, 4.69) is 27.0 Å². The van der Waals surface area contributed by atoms with Crippen molar-refractivity contribution in [3.63, 3.8) is 0 Å². The molecule has 0 radical (unpaired) electrons. The van der Waals surface area contributed by atoms with Crippen molar-refractivity contribution in [2.45, 2.75) is 50.2 Å². The van der Waals surface area contributed by atoms with E-state index in [1.54, 1.807) is 7.05 Å². The fourth-order valence-electron chi connectivity index (χ4n) is 5.29. The van der Waals surface area contributed by atoms with Gasteiger partial charge in [0.2, 0.25) is 5.95 Å².